The van der Waals surface area contributed by atoms with Gasteiger partial charge in [-0.3, -0.25) is 10.2 Å². The van der Waals surface area contributed by atoms with Gasteiger partial charge in [0.25, 0.3) is 0 Å². The zero-order valence-corrected chi connectivity index (χ0v) is 9.77. The predicted octanol–water partition coefficient (Wildman–Crippen LogP) is 1.85. The summed E-state index contributed by atoms with van der Waals surface area (Å²) in [4.78, 5) is 22.4. The Balaban J connectivity index is 2.80. The molecule has 0 heterocycles. The minimum Gasteiger partial charge on any atom is -0.465 e. The molecule has 0 unspecified atom stereocenters. The van der Waals surface area contributed by atoms with E-state index in [1.807, 2.05) is 0 Å². The van der Waals surface area contributed by atoms with E-state index in [9.17, 15) is 9.59 Å². The Labute approximate surface area is 99.5 Å². The van der Waals surface area contributed by atoms with Crippen LogP contribution >= 0.6 is 0 Å². The number of ether oxygens (including phenoxy) is 1. The van der Waals surface area contributed by atoms with E-state index in [1.54, 1.807) is 31.2 Å². The number of Topliss-reactive ketones (excluding diaryl/α,β-unsaturated/α-hetero) is 1. The highest BCUT2D eigenvalue weighted by Gasteiger charge is 2.09. The van der Waals surface area contributed by atoms with Crippen LogP contribution in [-0.4, -0.2) is 25.1 Å². The van der Waals surface area contributed by atoms with Crippen LogP contribution < -0.4 is 5.43 Å². The van der Waals surface area contributed by atoms with E-state index in [0.717, 1.165) is 0 Å². The molecule has 0 spiro atoms. The number of methoxy groups -OCH3 is 1. The number of benzene rings is 1. The zero-order valence-electron chi connectivity index (χ0n) is 9.77. The maximum Gasteiger partial charge on any atom is 0.340 e. The van der Waals surface area contributed by atoms with Crippen LogP contribution in [0.3, 0.4) is 0 Å². The summed E-state index contributed by atoms with van der Waals surface area (Å²) in [5, 5.41) is 3.76. The number of nitrogens with one attached hydrogen (secondary N) is 1. The lowest BCUT2D eigenvalue weighted by atomic mass is 10.2. The summed E-state index contributed by atoms with van der Waals surface area (Å²) in [6, 6.07) is 6.77. The standard InChI is InChI=1S/C12H14N2O3/c1-3-9(15)8-13-14-11-7-5-4-6-10(11)12(16)17-2/h4-8,14H,3H2,1-2H3/b13-8+. The van der Waals surface area contributed by atoms with Crippen LogP contribution in [0, 0.1) is 0 Å². The van der Waals surface area contributed by atoms with Gasteiger partial charge in [-0.15, -0.1) is 0 Å². The fourth-order valence-corrected chi connectivity index (χ4v) is 1.13. The van der Waals surface area contributed by atoms with Gasteiger partial charge in [-0.25, -0.2) is 4.79 Å². The van der Waals surface area contributed by atoms with E-state index >= 15 is 0 Å². The van der Waals surface area contributed by atoms with Crippen molar-refractivity contribution in [3.63, 3.8) is 0 Å². The number of carbonyl (C=O) groups excluding carboxylic acids is 2. The summed E-state index contributed by atoms with van der Waals surface area (Å²) in [7, 11) is 1.31. The largest absolute Gasteiger partial charge is 0.465 e. The van der Waals surface area contributed by atoms with Crippen molar-refractivity contribution in [1.29, 1.82) is 0 Å². The Bertz CT molecular complexity index is 441. The van der Waals surface area contributed by atoms with E-state index in [2.05, 4.69) is 15.3 Å². The first-order valence-electron chi connectivity index (χ1n) is 5.18. The Hall–Kier alpha value is -2.17. The molecule has 0 aliphatic carbocycles. The first-order valence-corrected chi connectivity index (χ1v) is 5.18. The Morgan fingerprint density at radius 3 is 2.76 bits per heavy atom. The molecule has 1 aromatic carbocycles. The Morgan fingerprint density at radius 1 is 1.41 bits per heavy atom. The van der Waals surface area contributed by atoms with Crippen molar-refractivity contribution in [1.82, 2.24) is 0 Å². The molecule has 1 rings (SSSR count). The fraction of sp³-hybridized carbons (Fsp3) is 0.250. The first-order chi connectivity index (χ1) is 8.19. The molecule has 17 heavy (non-hydrogen) atoms. The molecule has 0 saturated carbocycles. The highest BCUT2D eigenvalue weighted by atomic mass is 16.5. The third kappa shape index (κ3) is 3.71. The average Bonchev–Trinajstić information content (AvgIpc) is 2.38. The number of rotatable bonds is 5. The van der Waals surface area contributed by atoms with Gasteiger partial charge in [0.05, 0.1) is 24.6 Å². The molecule has 1 N–H and O–H groups in total. The van der Waals surface area contributed by atoms with Gasteiger partial charge in [-0.05, 0) is 12.1 Å². The number of hydrogen-bond donors (Lipinski definition) is 1. The summed E-state index contributed by atoms with van der Waals surface area (Å²) < 4.78 is 4.63. The van der Waals surface area contributed by atoms with Gasteiger partial charge in [-0.1, -0.05) is 19.1 Å². The maximum absolute atomic E-state index is 11.4. The van der Waals surface area contributed by atoms with Crippen molar-refractivity contribution in [2.75, 3.05) is 12.5 Å². The van der Waals surface area contributed by atoms with Gasteiger partial charge in [0.1, 0.15) is 0 Å². The van der Waals surface area contributed by atoms with Crippen LogP contribution in [0.5, 0.6) is 0 Å². The van der Waals surface area contributed by atoms with Gasteiger partial charge in [0.15, 0.2) is 5.78 Å². The molecule has 0 aliphatic heterocycles. The van der Waals surface area contributed by atoms with Crippen LogP contribution in [-0.2, 0) is 9.53 Å². The second kappa shape index (κ2) is 6.42. The number of anilines is 1. The van der Waals surface area contributed by atoms with Gasteiger partial charge in [-0.2, -0.15) is 5.10 Å². The average molecular weight is 234 g/mol. The van der Waals surface area contributed by atoms with E-state index in [-0.39, 0.29) is 5.78 Å². The molecule has 90 valence electrons. The normalized spacial score (nSPS) is 10.2. The summed E-state index contributed by atoms with van der Waals surface area (Å²) in [6.07, 6.45) is 1.58. The van der Waals surface area contributed by atoms with Crippen molar-refractivity contribution in [2.45, 2.75) is 13.3 Å². The Morgan fingerprint density at radius 2 is 2.12 bits per heavy atom. The second-order valence-corrected chi connectivity index (χ2v) is 3.23. The van der Waals surface area contributed by atoms with Crippen molar-refractivity contribution >= 4 is 23.7 Å². The smallest absolute Gasteiger partial charge is 0.340 e. The number of hydrazone groups is 1. The molecule has 0 fully saturated rings. The van der Waals surface area contributed by atoms with E-state index in [1.165, 1.54) is 13.3 Å². The minimum atomic E-state index is -0.454. The zero-order chi connectivity index (χ0) is 12.7. The van der Waals surface area contributed by atoms with Crippen LogP contribution in [0.2, 0.25) is 0 Å². The highest BCUT2D eigenvalue weighted by molar-refractivity contribution is 6.27. The summed E-state index contributed by atoms with van der Waals surface area (Å²) in [5.41, 5.74) is 3.51. The first kappa shape index (κ1) is 12.9. The summed E-state index contributed by atoms with van der Waals surface area (Å²) >= 11 is 0. The molecule has 0 bridgehead atoms. The van der Waals surface area contributed by atoms with Crippen molar-refractivity contribution < 1.29 is 14.3 Å². The number of hydrogen-bond acceptors (Lipinski definition) is 5. The number of nitrogens with zero attached hydrogens (tertiary/aromatic N) is 1. The van der Waals surface area contributed by atoms with Gasteiger partial charge in [0, 0.05) is 6.42 Å². The molecule has 0 aliphatic rings. The van der Waals surface area contributed by atoms with Gasteiger partial charge >= 0.3 is 5.97 Å². The SMILES string of the molecule is CCC(=O)/C=N/Nc1ccccc1C(=O)OC. The number of ketones is 1. The second-order valence-electron chi connectivity index (χ2n) is 3.23. The topological polar surface area (TPSA) is 67.8 Å². The molecule has 5 heteroatoms. The molecular formula is C12H14N2O3. The van der Waals surface area contributed by atoms with Crippen LogP contribution in [0.25, 0.3) is 0 Å². The monoisotopic (exact) mass is 234 g/mol. The van der Waals surface area contributed by atoms with E-state index < -0.39 is 5.97 Å². The number of carbonyl (C=O) groups is 2. The van der Waals surface area contributed by atoms with E-state index in [0.29, 0.717) is 17.7 Å². The molecule has 0 atom stereocenters. The molecule has 0 radical (unpaired) electrons. The molecule has 0 saturated heterocycles. The molecule has 1 aromatic rings. The minimum absolute atomic E-state index is 0.0898. The lowest BCUT2D eigenvalue weighted by Gasteiger charge is -2.05. The maximum atomic E-state index is 11.4. The quantitative estimate of drug-likeness (QED) is 0.479. The van der Waals surface area contributed by atoms with Gasteiger partial charge < -0.3 is 4.74 Å². The predicted molar refractivity (Wildman–Crippen MR) is 65.2 cm³/mol. The highest BCUT2D eigenvalue weighted by Crippen LogP contribution is 2.15. The Kier molecular flexibility index (Phi) is 4.87. The summed E-state index contributed by atoms with van der Waals surface area (Å²) in [5.74, 6) is -0.543. The summed E-state index contributed by atoms with van der Waals surface area (Å²) in [6.45, 7) is 1.75. The lowest BCUT2D eigenvalue weighted by Crippen LogP contribution is -2.06. The van der Waals surface area contributed by atoms with Gasteiger partial charge in [0.2, 0.25) is 0 Å². The number of para-hydroxylation sites is 1. The van der Waals surface area contributed by atoms with Crippen LogP contribution in [0.1, 0.15) is 23.7 Å². The third-order valence-corrected chi connectivity index (χ3v) is 2.07. The molecule has 0 aromatic heterocycles. The third-order valence-electron chi connectivity index (χ3n) is 2.07. The van der Waals surface area contributed by atoms with Crippen LogP contribution in [0.4, 0.5) is 5.69 Å². The molecule has 0 amide bonds. The van der Waals surface area contributed by atoms with Crippen molar-refractivity contribution in [3.05, 3.63) is 29.8 Å². The van der Waals surface area contributed by atoms with Crippen LogP contribution in [0.15, 0.2) is 29.4 Å². The van der Waals surface area contributed by atoms with Crippen molar-refractivity contribution in [3.8, 4) is 0 Å². The van der Waals surface area contributed by atoms with Crippen molar-refractivity contribution in [2.24, 2.45) is 5.10 Å². The number of esters is 1. The molecule has 5 nitrogen and oxygen atoms in total. The fourth-order valence-electron chi connectivity index (χ4n) is 1.13. The van der Waals surface area contributed by atoms with E-state index in [4.69, 9.17) is 0 Å². The lowest BCUT2D eigenvalue weighted by molar-refractivity contribution is -0.112. The molecular weight excluding hydrogens is 220 g/mol.